The Kier molecular flexibility index (Phi) is 5.31. The first-order valence-electron chi connectivity index (χ1n) is 8.49. The summed E-state index contributed by atoms with van der Waals surface area (Å²) in [6, 6.07) is 15.4. The molecule has 3 rings (SSSR count). The van der Waals surface area contributed by atoms with E-state index in [1.807, 2.05) is 56.3 Å². The molecule has 3 aromatic rings. The third kappa shape index (κ3) is 4.47. The van der Waals surface area contributed by atoms with Crippen LogP contribution in [-0.2, 0) is 6.42 Å². The fraction of sp³-hybridized carbons (Fsp3) is 0.250. The number of nitrogens with one attached hydrogen (secondary N) is 1. The number of aryl methyl sites for hydroxylation is 2. The largest absolute Gasteiger partial charge is 0.334 e. The smallest absolute Gasteiger partial charge is 0.321 e. The molecular formula is C20H22N4O2. The molecule has 0 atom stereocenters. The minimum atomic E-state index is -0.165. The highest BCUT2D eigenvalue weighted by atomic mass is 16.5. The van der Waals surface area contributed by atoms with Gasteiger partial charge in [-0.2, -0.15) is 4.98 Å². The van der Waals surface area contributed by atoms with Crippen LogP contribution in [0, 0.1) is 13.8 Å². The minimum absolute atomic E-state index is 0.165. The predicted octanol–water partition coefficient (Wildman–Crippen LogP) is 4.06. The monoisotopic (exact) mass is 350 g/mol. The van der Waals surface area contributed by atoms with E-state index < -0.39 is 0 Å². The molecule has 1 aromatic heterocycles. The summed E-state index contributed by atoms with van der Waals surface area (Å²) in [5, 5.41) is 6.90. The van der Waals surface area contributed by atoms with Crippen LogP contribution < -0.4 is 5.32 Å². The fourth-order valence-electron chi connectivity index (χ4n) is 2.69. The molecule has 0 bridgehead atoms. The number of benzene rings is 2. The van der Waals surface area contributed by atoms with Crippen LogP contribution in [0.25, 0.3) is 11.5 Å². The average Bonchev–Trinajstić information content (AvgIpc) is 3.08. The molecule has 6 nitrogen and oxygen atoms in total. The van der Waals surface area contributed by atoms with Crippen LogP contribution >= 0.6 is 0 Å². The van der Waals surface area contributed by atoms with Gasteiger partial charge in [0.2, 0.25) is 0 Å². The zero-order valence-corrected chi connectivity index (χ0v) is 15.2. The first kappa shape index (κ1) is 17.7. The van der Waals surface area contributed by atoms with Crippen LogP contribution in [0.4, 0.5) is 10.5 Å². The Balaban J connectivity index is 1.56. The lowest BCUT2D eigenvalue weighted by Gasteiger charge is -2.17. The highest BCUT2D eigenvalue weighted by molar-refractivity contribution is 5.89. The lowest BCUT2D eigenvalue weighted by molar-refractivity contribution is 0.222. The van der Waals surface area contributed by atoms with Gasteiger partial charge in [-0.15, -0.1) is 0 Å². The molecule has 0 saturated carbocycles. The Morgan fingerprint density at radius 1 is 1.12 bits per heavy atom. The number of urea groups is 1. The van der Waals surface area contributed by atoms with Crippen molar-refractivity contribution in [1.82, 2.24) is 15.0 Å². The quantitative estimate of drug-likeness (QED) is 0.753. The van der Waals surface area contributed by atoms with E-state index in [0.29, 0.717) is 24.7 Å². The summed E-state index contributed by atoms with van der Waals surface area (Å²) in [5.74, 6) is 1.07. The van der Waals surface area contributed by atoms with E-state index in [-0.39, 0.29) is 6.03 Å². The van der Waals surface area contributed by atoms with Crippen LogP contribution in [-0.4, -0.2) is 34.7 Å². The number of amides is 2. The van der Waals surface area contributed by atoms with Gasteiger partial charge in [-0.25, -0.2) is 4.79 Å². The van der Waals surface area contributed by atoms with Gasteiger partial charge in [0.25, 0.3) is 5.89 Å². The number of aromatic nitrogens is 2. The normalized spacial score (nSPS) is 10.6. The van der Waals surface area contributed by atoms with Crippen molar-refractivity contribution in [2.75, 3.05) is 18.9 Å². The Hall–Kier alpha value is -3.15. The van der Waals surface area contributed by atoms with Crippen molar-refractivity contribution in [2.45, 2.75) is 20.3 Å². The average molecular weight is 350 g/mol. The number of hydrogen-bond donors (Lipinski definition) is 1. The zero-order valence-electron chi connectivity index (χ0n) is 15.2. The van der Waals surface area contributed by atoms with E-state index in [9.17, 15) is 4.79 Å². The van der Waals surface area contributed by atoms with Crippen molar-refractivity contribution in [3.8, 4) is 11.5 Å². The fourth-order valence-corrected chi connectivity index (χ4v) is 2.69. The molecular weight excluding hydrogens is 328 g/mol. The highest BCUT2D eigenvalue weighted by Gasteiger charge is 2.13. The van der Waals surface area contributed by atoms with Crippen LogP contribution in [0.5, 0.6) is 0 Å². The van der Waals surface area contributed by atoms with Crippen molar-refractivity contribution >= 4 is 11.7 Å². The SMILES string of the molecule is Cc1cc(C)cc(NC(=O)N(C)CCc2noc(-c3ccccc3)n2)c1. The van der Waals surface area contributed by atoms with Crippen LogP contribution in [0.1, 0.15) is 17.0 Å². The van der Waals surface area contributed by atoms with Crippen LogP contribution in [0.2, 0.25) is 0 Å². The zero-order chi connectivity index (χ0) is 18.5. The molecule has 0 aliphatic heterocycles. The highest BCUT2D eigenvalue weighted by Crippen LogP contribution is 2.17. The van der Waals surface area contributed by atoms with E-state index in [2.05, 4.69) is 21.5 Å². The van der Waals surface area contributed by atoms with Gasteiger partial charge in [0.15, 0.2) is 5.82 Å². The van der Waals surface area contributed by atoms with E-state index in [0.717, 1.165) is 22.4 Å². The van der Waals surface area contributed by atoms with Gasteiger partial charge in [0.05, 0.1) is 0 Å². The molecule has 1 heterocycles. The van der Waals surface area contributed by atoms with Crippen molar-refractivity contribution in [3.63, 3.8) is 0 Å². The third-order valence-electron chi connectivity index (χ3n) is 3.98. The van der Waals surface area contributed by atoms with Gasteiger partial charge >= 0.3 is 6.03 Å². The summed E-state index contributed by atoms with van der Waals surface area (Å²) in [7, 11) is 1.75. The maximum Gasteiger partial charge on any atom is 0.321 e. The van der Waals surface area contributed by atoms with Crippen LogP contribution in [0.3, 0.4) is 0 Å². The van der Waals surface area contributed by atoms with Gasteiger partial charge in [-0.05, 0) is 49.2 Å². The first-order chi connectivity index (χ1) is 12.5. The lowest BCUT2D eigenvalue weighted by Crippen LogP contribution is -2.33. The molecule has 2 amide bonds. The van der Waals surface area contributed by atoms with Crippen molar-refractivity contribution < 1.29 is 9.32 Å². The standard InChI is InChI=1S/C20H22N4O2/c1-14-11-15(2)13-17(12-14)21-20(25)24(3)10-9-18-22-19(26-23-18)16-7-5-4-6-8-16/h4-8,11-13H,9-10H2,1-3H3,(H,21,25). The van der Waals surface area contributed by atoms with Gasteiger partial charge in [-0.1, -0.05) is 29.4 Å². The Bertz CT molecular complexity index is 870. The topological polar surface area (TPSA) is 71.3 Å². The second-order valence-electron chi connectivity index (χ2n) is 6.36. The lowest BCUT2D eigenvalue weighted by atomic mass is 10.1. The Morgan fingerprint density at radius 2 is 1.81 bits per heavy atom. The predicted molar refractivity (Wildman–Crippen MR) is 101 cm³/mol. The minimum Gasteiger partial charge on any atom is -0.334 e. The number of nitrogens with zero attached hydrogens (tertiary/aromatic N) is 3. The number of likely N-dealkylation sites (N-methyl/N-ethyl adjacent to an activating group) is 1. The second kappa shape index (κ2) is 7.82. The molecule has 134 valence electrons. The van der Waals surface area contributed by atoms with Gasteiger partial charge in [0, 0.05) is 31.3 Å². The maximum absolute atomic E-state index is 12.3. The molecule has 0 fully saturated rings. The Labute approximate surface area is 152 Å². The molecule has 0 radical (unpaired) electrons. The van der Waals surface area contributed by atoms with Crippen LogP contribution in [0.15, 0.2) is 53.1 Å². The molecule has 26 heavy (non-hydrogen) atoms. The van der Waals surface area contributed by atoms with E-state index >= 15 is 0 Å². The molecule has 1 N–H and O–H groups in total. The Morgan fingerprint density at radius 3 is 2.50 bits per heavy atom. The van der Waals surface area contributed by atoms with Crippen molar-refractivity contribution in [3.05, 3.63) is 65.5 Å². The summed E-state index contributed by atoms with van der Waals surface area (Å²) in [6.07, 6.45) is 0.521. The summed E-state index contributed by atoms with van der Waals surface area (Å²) in [5.41, 5.74) is 3.91. The summed E-state index contributed by atoms with van der Waals surface area (Å²) >= 11 is 0. The van der Waals surface area contributed by atoms with E-state index in [1.165, 1.54) is 0 Å². The van der Waals surface area contributed by atoms with Gasteiger partial charge < -0.3 is 14.7 Å². The maximum atomic E-state index is 12.3. The summed E-state index contributed by atoms with van der Waals surface area (Å²) in [4.78, 5) is 18.3. The second-order valence-corrected chi connectivity index (χ2v) is 6.36. The van der Waals surface area contributed by atoms with Gasteiger partial charge in [0.1, 0.15) is 0 Å². The molecule has 0 saturated heterocycles. The number of carbonyl (C=O) groups excluding carboxylic acids is 1. The van der Waals surface area contributed by atoms with E-state index in [1.54, 1.807) is 11.9 Å². The summed E-state index contributed by atoms with van der Waals surface area (Å²) < 4.78 is 5.29. The number of rotatable bonds is 5. The summed E-state index contributed by atoms with van der Waals surface area (Å²) in [6.45, 7) is 4.50. The number of anilines is 1. The molecule has 0 aliphatic carbocycles. The molecule has 0 unspecified atom stereocenters. The molecule has 0 aliphatic rings. The van der Waals surface area contributed by atoms with Gasteiger partial charge in [-0.3, -0.25) is 0 Å². The molecule has 6 heteroatoms. The first-order valence-corrected chi connectivity index (χ1v) is 8.49. The van der Waals surface area contributed by atoms with Crippen molar-refractivity contribution in [2.24, 2.45) is 0 Å². The third-order valence-corrected chi connectivity index (χ3v) is 3.98. The number of hydrogen-bond acceptors (Lipinski definition) is 4. The molecule has 2 aromatic carbocycles. The van der Waals surface area contributed by atoms with Crippen molar-refractivity contribution in [1.29, 1.82) is 0 Å². The van der Waals surface area contributed by atoms with E-state index in [4.69, 9.17) is 4.52 Å². The number of carbonyl (C=O) groups is 1. The molecule has 0 spiro atoms.